The minimum absolute atomic E-state index is 1.05. The fourth-order valence-corrected chi connectivity index (χ4v) is 1.25. The van der Waals surface area contributed by atoms with E-state index in [1.54, 1.807) is 0 Å². The van der Waals surface area contributed by atoms with Gasteiger partial charge in [0.05, 0.1) is 0 Å². The molecule has 11 heavy (non-hydrogen) atoms. The Hall–Kier alpha value is -1.02. The molecule has 0 atom stereocenters. The average molecular weight is 147 g/mol. The zero-order chi connectivity index (χ0) is 7.52. The van der Waals surface area contributed by atoms with E-state index in [4.69, 9.17) is 0 Å². The van der Waals surface area contributed by atoms with Crippen LogP contribution in [0.5, 0.6) is 0 Å². The molecule has 1 aliphatic heterocycles. The monoisotopic (exact) mass is 147 g/mol. The number of hydrogen-bond donors (Lipinski definition) is 1. The summed E-state index contributed by atoms with van der Waals surface area (Å²) in [5.74, 6) is 0. The van der Waals surface area contributed by atoms with Crippen LogP contribution in [0.3, 0.4) is 0 Å². The number of anilines is 1. The maximum atomic E-state index is 3.17. The molecule has 1 heterocycles. The van der Waals surface area contributed by atoms with Gasteiger partial charge < -0.3 is 4.90 Å². The Balaban J connectivity index is 2.16. The summed E-state index contributed by atoms with van der Waals surface area (Å²) < 4.78 is 0. The highest BCUT2D eigenvalue weighted by Gasteiger charge is 2.10. The standard InChI is InChI=1S/C9H11N2/c1-2-4-9(5-3-1)11-7-6-10-8-11/h1-5,8,10H,6-7H2. The highest BCUT2D eigenvalue weighted by Crippen LogP contribution is 2.14. The molecule has 1 saturated heterocycles. The molecular weight excluding hydrogens is 136 g/mol. The van der Waals surface area contributed by atoms with Gasteiger partial charge >= 0.3 is 0 Å². The lowest BCUT2D eigenvalue weighted by atomic mass is 10.3. The number of para-hydroxylation sites is 1. The molecule has 1 fully saturated rings. The number of rotatable bonds is 1. The van der Waals surface area contributed by atoms with Crippen molar-refractivity contribution in [3.8, 4) is 0 Å². The van der Waals surface area contributed by atoms with Crippen molar-refractivity contribution in [1.29, 1.82) is 0 Å². The summed E-state index contributed by atoms with van der Waals surface area (Å²) in [5, 5.41) is 3.17. The number of hydrogen-bond acceptors (Lipinski definition) is 2. The zero-order valence-corrected chi connectivity index (χ0v) is 6.33. The summed E-state index contributed by atoms with van der Waals surface area (Å²) in [6.07, 6.45) is 0. The molecule has 0 bridgehead atoms. The zero-order valence-electron chi connectivity index (χ0n) is 6.33. The Kier molecular flexibility index (Phi) is 1.78. The van der Waals surface area contributed by atoms with Gasteiger partial charge in [-0.3, -0.25) is 5.32 Å². The van der Waals surface area contributed by atoms with E-state index in [2.05, 4.69) is 34.5 Å². The summed E-state index contributed by atoms with van der Waals surface area (Å²) in [6.45, 7) is 4.15. The Bertz CT molecular complexity index is 214. The molecule has 1 aliphatic rings. The molecule has 0 aromatic heterocycles. The van der Waals surface area contributed by atoms with E-state index in [1.165, 1.54) is 5.69 Å². The summed E-state index contributed by atoms with van der Waals surface area (Å²) in [4.78, 5) is 2.21. The Labute approximate surface area is 66.8 Å². The predicted octanol–water partition coefficient (Wildman–Crippen LogP) is 1.22. The third-order valence-electron chi connectivity index (χ3n) is 1.83. The van der Waals surface area contributed by atoms with E-state index in [0.29, 0.717) is 0 Å². The number of nitrogens with one attached hydrogen (secondary N) is 1. The smallest absolute Gasteiger partial charge is 0.114 e. The maximum absolute atomic E-state index is 3.17. The van der Waals surface area contributed by atoms with Crippen molar-refractivity contribution in [3.05, 3.63) is 37.0 Å². The van der Waals surface area contributed by atoms with Crippen molar-refractivity contribution in [1.82, 2.24) is 5.32 Å². The van der Waals surface area contributed by atoms with Crippen LogP contribution in [0.25, 0.3) is 0 Å². The van der Waals surface area contributed by atoms with Crippen LogP contribution in [0.15, 0.2) is 30.3 Å². The summed E-state index contributed by atoms with van der Waals surface area (Å²) in [7, 11) is 0. The molecule has 1 aromatic carbocycles. The minimum Gasteiger partial charge on any atom is -0.352 e. The summed E-state index contributed by atoms with van der Waals surface area (Å²) >= 11 is 0. The van der Waals surface area contributed by atoms with Gasteiger partial charge in [0.1, 0.15) is 6.67 Å². The van der Waals surface area contributed by atoms with Crippen molar-refractivity contribution in [2.45, 2.75) is 0 Å². The quantitative estimate of drug-likeness (QED) is 0.642. The van der Waals surface area contributed by atoms with E-state index >= 15 is 0 Å². The van der Waals surface area contributed by atoms with Crippen molar-refractivity contribution in [3.63, 3.8) is 0 Å². The highest BCUT2D eigenvalue weighted by molar-refractivity contribution is 5.48. The van der Waals surface area contributed by atoms with E-state index < -0.39 is 0 Å². The lowest BCUT2D eigenvalue weighted by molar-refractivity contribution is 0.944. The van der Waals surface area contributed by atoms with Crippen molar-refractivity contribution < 1.29 is 0 Å². The summed E-state index contributed by atoms with van der Waals surface area (Å²) in [6, 6.07) is 10.4. The molecule has 1 radical (unpaired) electrons. The van der Waals surface area contributed by atoms with Crippen LogP contribution in [-0.4, -0.2) is 13.1 Å². The molecule has 0 amide bonds. The maximum Gasteiger partial charge on any atom is 0.114 e. The van der Waals surface area contributed by atoms with Gasteiger partial charge in [0.25, 0.3) is 0 Å². The molecule has 1 N–H and O–H groups in total. The summed E-state index contributed by atoms with van der Waals surface area (Å²) in [5.41, 5.74) is 1.26. The van der Waals surface area contributed by atoms with Gasteiger partial charge in [0.15, 0.2) is 0 Å². The topological polar surface area (TPSA) is 15.3 Å². The van der Waals surface area contributed by atoms with Crippen LogP contribution in [0, 0.1) is 6.67 Å². The molecule has 2 rings (SSSR count). The van der Waals surface area contributed by atoms with E-state index in [9.17, 15) is 0 Å². The molecule has 0 aliphatic carbocycles. The lowest BCUT2D eigenvalue weighted by Gasteiger charge is -2.14. The molecule has 0 saturated carbocycles. The first-order valence-corrected chi connectivity index (χ1v) is 3.85. The SMILES string of the molecule is [CH]1NCCN1c1ccccc1. The van der Waals surface area contributed by atoms with Crippen molar-refractivity contribution >= 4 is 5.69 Å². The van der Waals surface area contributed by atoms with Crippen LogP contribution >= 0.6 is 0 Å². The molecule has 0 unspecified atom stereocenters. The first-order chi connectivity index (χ1) is 5.47. The van der Waals surface area contributed by atoms with Crippen LogP contribution < -0.4 is 10.2 Å². The van der Waals surface area contributed by atoms with Gasteiger partial charge in [-0.25, -0.2) is 0 Å². The third-order valence-corrected chi connectivity index (χ3v) is 1.83. The van der Waals surface area contributed by atoms with Crippen LogP contribution in [0.4, 0.5) is 5.69 Å². The third kappa shape index (κ3) is 1.35. The first kappa shape index (κ1) is 6.68. The average Bonchev–Trinajstić information content (AvgIpc) is 2.58. The second kappa shape index (κ2) is 2.93. The second-order valence-electron chi connectivity index (χ2n) is 2.61. The van der Waals surface area contributed by atoms with Crippen molar-refractivity contribution in [2.75, 3.05) is 18.0 Å². The fraction of sp³-hybridized carbons (Fsp3) is 0.222. The molecule has 0 spiro atoms. The van der Waals surface area contributed by atoms with Crippen LogP contribution in [0.1, 0.15) is 0 Å². The van der Waals surface area contributed by atoms with Gasteiger partial charge in [-0.15, -0.1) is 0 Å². The van der Waals surface area contributed by atoms with Crippen molar-refractivity contribution in [2.24, 2.45) is 0 Å². The van der Waals surface area contributed by atoms with Crippen LogP contribution in [0.2, 0.25) is 0 Å². The number of benzene rings is 1. The molecule has 2 heteroatoms. The van der Waals surface area contributed by atoms with E-state index in [-0.39, 0.29) is 0 Å². The molecule has 2 nitrogen and oxygen atoms in total. The van der Waals surface area contributed by atoms with Gasteiger partial charge in [0, 0.05) is 18.8 Å². The van der Waals surface area contributed by atoms with Gasteiger partial charge in [-0.2, -0.15) is 0 Å². The molecule has 1 aromatic rings. The predicted molar refractivity (Wildman–Crippen MR) is 46.1 cm³/mol. The molecule has 57 valence electrons. The largest absolute Gasteiger partial charge is 0.352 e. The highest BCUT2D eigenvalue weighted by atomic mass is 15.3. The second-order valence-corrected chi connectivity index (χ2v) is 2.61. The van der Waals surface area contributed by atoms with Gasteiger partial charge in [-0.05, 0) is 12.1 Å². The van der Waals surface area contributed by atoms with Crippen LogP contribution in [-0.2, 0) is 0 Å². The normalized spacial score (nSPS) is 17.3. The van der Waals surface area contributed by atoms with E-state index in [0.717, 1.165) is 13.1 Å². The first-order valence-electron chi connectivity index (χ1n) is 3.85. The fourth-order valence-electron chi connectivity index (χ4n) is 1.25. The lowest BCUT2D eigenvalue weighted by Crippen LogP contribution is -2.14. The molecular formula is C9H11N2. The minimum atomic E-state index is 1.05. The number of nitrogens with zero attached hydrogens (tertiary/aromatic N) is 1. The Morgan fingerprint density at radius 2 is 2.00 bits per heavy atom. The van der Waals surface area contributed by atoms with Gasteiger partial charge in [-0.1, -0.05) is 18.2 Å². The van der Waals surface area contributed by atoms with Gasteiger partial charge in [0.2, 0.25) is 0 Å². The Morgan fingerprint density at radius 1 is 1.18 bits per heavy atom. The van der Waals surface area contributed by atoms with E-state index in [1.807, 2.05) is 12.7 Å². The Morgan fingerprint density at radius 3 is 2.64 bits per heavy atom.